The van der Waals surface area contributed by atoms with Gasteiger partial charge in [-0.15, -0.1) is 0 Å². The summed E-state index contributed by atoms with van der Waals surface area (Å²) in [6.07, 6.45) is 2.88. The zero-order valence-electron chi connectivity index (χ0n) is 5.17. The number of aliphatic hydroxyl groups excluding tert-OH is 2. The van der Waals surface area contributed by atoms with Gasteiger partial charge in [0.25, 0.3) is 0 Å². The molecule has 0 aliphatic heterocycles. The molecule has 2 N–H and O–H groups in total. The molecule has 0 aromatic rings. The van der Waals surface area contributed by atoms with Crippen molar-refractivity contribution in [3.8, 4) is 0 Å². The highest BCUT2D eigenvalue weighted by atomic mass is 16.3. The summed E-state index contributed by atoms with van der Waals surface area (Å²) in [5.74, 6) is -0.0374. The standard InChI is InChI=1S/C7H10O2/c1-6(5-8)3-4-7(2)9/h3-4,8-9H,1-2,5H2/b4-3-. The Labute approximate surface area is 54.4 Å². The van der Waals surface area contributed by atoms with E-state index in [4.69, 9.17) is 10.2 Å². The van der Waals surface area contributed by atoms with E-state index in [9.17, 15) is 0 Å². The zero-order chi connectivity index (χ0) is 7.28. The van der Waals surface area contributed by atoms with Gasteiger partial charge in [0.1, 0.15) is 5.76 Å². The van der Waals surface area contributed by atoms with Gasteiger partial charge in [0.15, 0.2) is 0 Å². The number of rotatable bonds is 3. The molecule has 0 aliphatic carbocycles. The van der Waals surface area contributed by atoms with Crippen molar-refractivity contribution >= 4 is 0 Å². The molecule has 0 aliphatic rings. The van der Waals surface area contributed by atoms with Gasteiger partial charge in [-0.1, -0.05) is 19.2 Å². The van der Waals surface area contributed by atoms with Crippen LogP contribution in [-0.2, 0) is 0 Å². The van der Waals surface area contributed by atoms with E-state index in [2.05, 4.69) is 13.2 Å². The molecule has 0 aromatic heterocycles. The topological polar surface area (TPSA) is 40.5 Å². The summed E-state index contributed by atoms with van der Waals surface area (Å²) >= 11 is 0. The highest BCUT2D eigenvalue weighted by Gasteiger charge is 1.81. The van der Waals surface area contributed by atoms with Crippen molar-refractivity contribution in [1.82, 2.24) is 0 Å². The zero-order valence-corrected chi connectivity index (χ0v) is 5.17. The average Bonchev–Trinajstić information content (AvgIpc) is 1.83. The van der Waals surface area contributed by atoms with Crippen molar-refractivity contribution in [2.75, 3.05) is 6.61 Å². The van der Waals surface area contributed by atoms with E-state index in [1.807, 2.05) is 0 Å². The lowest BCUT2D eigenvalue weighted by molar-refractivity contribution is 0.335. The maximum Gasteiger partial charge on any atom is 0.108 e. The normalized spacial score (nSPS) is 9.89. The smallest absolute Gasteiger partial charge is 0.108 e. The van der Waals surface area contributed by atoms with Crippen molar-refractivity contribution in [3.63, 3.8) is 0 Å². The molecule has 2 heteroatoms. The molecule has 0 radical (unpaired) electrons. The largest absolute Gasteiger partial charge is 0.509 e. The fourth-order valence-corrected chi connectivity index (χ4v) is 0.267. The van der Waals surface area contributed by atoms with Gasteiger partial charge >= 0.3 is 0 Å². The monoisotopic (exact) mass is 126 g/mol. The Morgan fingerprint density at radius 1 is 1.33 bits per heavy atom. The molecule has 0 saturated heterocycles. The minimum absolute atomic E-state index is 0.0374. The van der Waals surface area contributed by atoms with Gasteiger partial charge in [-0.25, -0.2) is 0 Å². The van der Waals surface area contributed by atoms with Gasteiger partial charge < -0.3 is 10.2 Å². The maximum atomic E-state index is 8.49. The molecular formula is C7H10O2. The fourth-order valence-electron chi connectivity index (χ4n) is 0.267. The van der Waals surface area contributed by atoms with E-state index >= 15 is 0 Å². The van der Waals surface area contributed by atoms with Crippen LogP contribution in [0.25, 0.3) is 0 Å². The first-order valence-electron chi connectivity index (χ1n) is 2.51. The second-order valence-corrected chi connectivity index (χ2v) is 1.64. The van der Waals surface area contributed by atoms with Crippen LogP contribution in [-0.4, -0.2) is 16.8 Å². The summed E-state index contributed by atoms with van der Waals surface area (Å²) in [7, 11) is 0. The molecule has 0 heterocycles. The summed E-state index contributed by atoms with van der Waals surface area (Å²) in [5.41, 5.74) is 0.546. The molecule has 0 spiro atoms. The lowest BCUT2D eigenvalue weighted by Gasteiger charge is -1.89. The summed E-state index contributed by atoms with van der Waals surface area (Å²) in [6.45, 7) is 6.57. The molecule has 50 valence electrons. The van der Waals surface area contributed by atoms with Crippen molar-refractivity contribution in [2.45, 2.75) is 0 Å². The highest BCUT2D eigenvalue weighted by molar-refractivity contribution is 5.20. The molecule has 0 fully saturated rings. The summed E-state index contributed by atoms with van der Waals surface area (Å²) in [4.78, 5) is 0. The SMILES string of the molecule is C=C(O)/C=C\C(=C)CO. The Kier molecular flexibility index (Phi) is 3.48. The van der Waals surface area contributed by atoms with E-state index in [0.29, 0.717) is 5.57 Å². The average molecular weight is 126 g/mol. The van der Waals surface area contributed by atoms with Crippen LogP contribution in [0.5, 0.6) is 0 Å². The third kappa shape index (κ3) is 4.84. The first-order valence-corrected chi connectivity index (χ1v) is 2.51. The van der Waals surface area contributed by atoms with Crippen LogP contribution in [0.1, 0.15) is 0 Å². The van der Waals surface area contributed by atoms with Gasteiger partial charge in [-0.3, -0.25) is 0 Å². The van der Waals surface area contributed by atoms with Gasteiger partial charge in [0, 0.05) is 0 Å². The van der Waals surface area contributed by atoms with Crippen LogP contribution in [0.3, 0.4) is 0 Å². The molecule has 0 saturated carbocycles. The molecule has 0 rings (SSSR count). The highest BCUT2D eigenvalue weighted by Crippen LogP contribution is 1.92. The summed E-state index contributed by atoms with van der Waals surface area (Å²) < 4.78 is 0. The molecule has 0 atom stereocenters. The molecule has 0 aromatic carbocycles. The maximum absolute atomic E-state index is 8.49. The number of allylic oxidation sites excluding steroid dienone is 1. The molecule has 9 heavy (non-hydrogen) atoms. The van der Waals surface area contributed by atoms with E-state index in [1.54, 1.807) is 0 Å². The Hall–Kier alpha value is -1.02. The predicted octanol–water partition coefficient (Wildman–Crippen LogP) is 1.16. The van der Waals surface area contributed by atoms with Crippen molar-refractivity contribution < 1.29 is 10.2 Å². The summed E-state index contributed by atoms with van der Waals surface area (Å²) in [5, 5.41) is 16.9. The van der Waals surface area contributed by atoms with Crippen molar-refractivity contribution in [3.05, 3.63) is 36.6 Å². The molecule has 2 nitrogen and oxygen atoms in total. The van der Waals surface area contributed by atoms with Crippen molar-refractivity contribution in [1.29, 1.82) is 0 Å². The van der Waals surface area contributed by atoms with E-state index in [-0.39, 0.29) is 12.4 Å². The van der Waals surface area contributed by atoms with Crippen LogP contribution in [0.4, 0.5) is 0 Å². The lowest BCUT2D eigenvalue weighted by atomic mass is 10.3. The van der Waals surface area contributed by atoms with Gasteiger partial charge in [0.2, 0.25) is 0 Å². The first-order chi connectivity index (χ1) is 4.16. The Bertz CT molecular complexity index is 145. The minimum atomic E-state index is -0.0935. The predicted molar refractivity (Wildman–Crippen MR) is 37.1 cm³/mol. The third-order valence-electron chi connectivity index (χ3n) is 0.715. The Balaban J connectivity index is 3.71. The number of hydrogen-bond donors (Lipinski definition) is 2. The minimum Gasteiger partial charge on any atom is -0.509 e. The molecule has 0 unspecified atom stereocenters. The molecule has 0 amide bonds. The first kappa shape index (κ1) is 7.98. The number of hydrogen-bond acceptors (Lipinski definition) is 2. The number of aliphatic hydroxyl groups is 2. The second kappa shape index (κ2) is 3.92. The van der Waals surface area contributed by atoms with Crippen molar-refractivity contribution in [2.24, 2.45) is 0 Å². The third-order valence-corrected chi connectivity index (χ3v) is 0.715. The van der Waals surface area contributed by atoms with Gasteiger partial charge in [0.05, 0.1) is 6.61 Å². The molecular weight excluding hydrogens is 116 g/mol. The van der Waals surface area contributed by atoms with E-state index < -0.39 is 0 Å². The van der Waals surface area contributed by atoms with E-state index in [0.717, 1.165) is 0 Å². The van der Waals surface area contributed by atoms with E-state index in [1.165, 1.54) is 12.2 Å². The Morgan fingerprint density at radius 3 is 2.22 bits per heavy atom. The quantitative estimate of drug-likeness (QED) is 0.440. The fraction of sp³-hybridized carbons (Fsp3) is 0.143. The lowest BCUT2D eigenvalue weighted by Crippen LogP contribution is -1.82. The van der Waals surface area contributed by atoms with Crippen LogP contribution in [0.15, 0.2) is 36.6 Å². The second-order valence-electron chi connectivity index (χ2n) is 1.64. The van der Waals surface area contributed by atoms with Crippen LogP contribution >= 0.6 is 0 Å². The van der Waals surface area contributed by atoms with Crippen LogP contribution in [0, 0.1) is 0 Å². The van der Waals surface area contributed by atoms with Gasteiger partial charge in [-0.2, -0.15) is 0 Å². The molecule has 0 bridgehead atoms. The van der Waals surface area contributed by atoms with Crippen LogP contribution < -0.4 is 0 Å². The summed E-state index contributed by atoms with van der Waals surface area (Å²) in [6, 6.07) is 0. The van der Waals surface area contributed by atoms with Crippen LogP contribution in [0.2, 0.25) is 0 Å². The Morgan fingerprint density at radius 2 is 1.89 bits per heavy atom. The van der Waals surface area contributed by atoms with Gasteiger partial charge in [-0.05, 0) is 11.6 Å².